The number of aryl methyl sites for hydroxylation is 2. The van der Waals surface area contributed by atoms with E-state index < -0.39 is 0 Å². The van der Waals surface area contributed by atoms with Crippen LogP contribution in [0.5, 0.6) is 5.75 Å². The van der Waals surface area contributed by atoms with Gasteiger partial charge in [0.05, 0.1) is 12.7 Å². The van der Waals surface area contributed by atoms with Crippen LogP contribution in [0.1, 0.15) is 17.9 Å². The fourth-order valence-corrected chi connectivity index (χ4v) is 2.44. The molecular formula is C19H19N3O3. The van der Waals surface area contributed by atoms with Gasteiger partial charge in [0.1, 0.15) is 5.75 Å². The van der Waals surface area contributed by atoms with Gasteiger partial charge in [-0.3, -0.25) is 4.79 Å². The molecule has 1 N–H and O–H groups in total. The van der Waals surface area contributed by atoms with Crippen molar-refractivity contribution in [2.75, 3.05) is 12.4 Å². The number of anilines is 1. The van der Waals surface area contributed by atoms with Gasteiger partial charge in [0.25, 0.3) is 0 Å². The number of rotatable bonds is 6. The van der Waals surface area contributed by atoms with Crippen molar-refractivity contribution in [3.8, 4) is 17.1 Å². The second-order valence-electron chi connectivity index (χ2n) is 5.58. The Kier molecular flexibility index (Phi) is 5.09. The second-order valence-corrected chi connectivity index (χ2v) is 5.58. The van der Waals surface area contributed by atoms with Crippen LogP contribution in [-0.4, -0.2) is 23.2 Å². The highest BCUT2D eigenvalue weighted by Gasteiger charge is 2.14. The molecule has 0 aliphatic carbocycles. The molecule has 3 aromatic rings. The Morgan fingerprint density at radius 2 is 1.92 bits per heavy atom. The molecule has 0 fully saturated rings. The Morgan fingerprint density at radius 3 is 2.72 bits per heavy atom. The van der Waals surface area contributed by atoms with Crippen LogP contribution in [-0.2, 0) is 11.2 Å². The first-order valence-electron chi connectivity index (χ1n) is 7.99. The molecule has 0 unspecified atom stereocenters. The highest BCUT2D eigenvalue weighted by molar-refractivity contribution is 5.91. The molecule has 0 spiro atoms. The zero-order chi connectivity index (χ0) is 17.6. The number of amides is 1. The molecule has 2 aromatic carbocycles. The Bertz CT molecular complexity index is 874. The predicted molar refractivity (Wildman–Crippen MR) is 94.4 cm³/mol. The van der Waals surface area contributed by atoms with Gasteiger partial charge >= 0.3 is 0 Å². The Morgan fingerprint density at radius 1 is 1.16 bits per heavy atom. The van der Waals surface area contributed by atoms with E-state index >= 15 is 0 Å². The average molecular weight is 337 g/mol. The smallest absolute Gasteiger partial charge is 0.227 e. The maximum absolute atomic E-state index is 12.1. The predicted octanol–water partition coefficient (Wildman–Crippen LogP) is 3.62. The van der Waals surface area contributed by atoms with Gasteiger partial charge in [-0.15, -0.1) is 0 Å². The van der Waals surface area contributed by atoms with E-state index in [1.165, 1.54) is 0 Å². The van der Waals surface area contributed by atoms with Crippen molar-refractivity contribution in [1.82, 2.24) is 10.1 Å². The van der Waals surface area contributed by atoms with Crippen LogP contribution in [0.15, 0.2) is 53.1 Å². The van der Waals surface area contributed by atoms with Crippen molar-refractivity contribution < 1.29 is 14.1 Å². The zero-order valence-corrected chi connectivity index (χ0v) is 14.2. The average Bonchev–Trinajstić information content (AvgIpc) is 3.11. The van der Waals surface area contributed by atoms with Crippen molar-refractivity contribution >= 4 is 11.6 Å². The van der Waals surface area contributed by atoms with E-state index in [2.05, 4.69) is 15.5 Å². The molecule has 128 valence electrons. The highest BCUT2D eigenvalue weighted by Crippen LogP contribution is 2.27. The fraction of sp³-hybridized carbons (Fsp3) is 0.211. The van der Waals surface area contributed by atoms with Gasteiger partial charge in [-0.2, -0.15) is 4.98 Å². The van der Waals surface area contributed by atoms with Gasteiger partial charge in [-0.1, -0.05) is 35.5 Å². The van der Waals surface area contributed by atoms with Gasteiger partial charge in [0, 0.05) is 18.5 Å². The number of ether oxygens (including phenoxy) is 1. The number of aromatic nitrogens is 2. The lowest BCUT2D eigenvalue weighted by atomic mass is 10.2. The minimum Gasteiger partial charge on any atom is -0.496 e. The van der Waals surface area contributed by atoms with Crippen molar-refractivity contribution in [2.45, 2.75) is 19.8 Å². The summed E-state index contributed by atoms with van der Waals surface area (Å²) in [5.74, 6) is 1.45. The number of hydrogen-bond donors (Lipinski definition) is 1. The second kappa shape index (κ2) is 7.61. The lowest BCUT2D eigenvalue weighted by Gasteiger charge is -2.06. The topological polar surface area (TPSA) is 77.2 Å². The SMILES string of the molecule is COc1ccccc1-c1noc(CCC(=O)Nc2ccccc2C)n1. The minimum absolute atomic E-state index is 0.0914. The van der Waals surface area contributed by atoms with Gasteiger partial charge in [-0.05, 0) is 30.7 Å². The van der Waals surface area contributed by atoms with Gasteiger partial charge in [0.15, 0.2) is 0 Å². The monoisotopic (exact) mass is 337 g/mol. The third kappa shape index (κ3) is 4.03. The van der Waals surface area contributed by atoms with E-state index in [4.69, 9.17) is 9.26 Å². The molecule has 25 heavy (non-hydrogen) atoms. The summed E-state index contributed by atoms with van der Waals surface area (Å²) in [6.45, 7) is 1.95. The van der Waals surface area contributed by atoms with Crippen LogP contribution in [0.25, 0.3) is 11.4 Å². The number of carbonyl (C=O) groups excluding carboxylic acids is 1. The molecule has 6 nitrogen and oxygen atoms in total. The van der Waals surface area contributed by atoms with Crippen molar-refractivity contribution in [3.63, 3.8) is 0 Å². The van der Waals surface area contributed by atoms with Crippen LogP contribution in [0.3, 0.4) is 0 Å². The van der Waals surface area contributed by atoms with Crippen LogP contribution in [0.2, 0.25) is 0 Å². The molecule has 6 heteroatoms. The molecule has 0 radical (unpaired) electrons. The number of benzene rings is 2. The molecule has 0 saturated heterocycles. The largest absolute Gasteiger partial charge is 0.496 e. The highest BCUT2D eigenvalue weighted by atomic mass is 16.5. The molecule has 0 bridgehead atoms. The molecule has 3 rings (SSSR count). The molecule has 1 heterocycles. The molecule has 0 atom stereocenters. The quantitative estimate of drug-likeness (QED) is 0.743. The van der Waals surface area contributed by atoms with Crippen LogP contribution < -0.4 is 10.1 Å². The summed E-state index contributed by atoms with van der Waals surface area (Å²) in [5, 5.41) is 6.86. The van der Waals surface area contributed by atoms with E-state index in [-0.39, 0.29) is 12.3 Å². The molecule has 0 aliphatic rings. The summed E-state index contributed by atoms with van der Waals surface area (Å²) in [6.07, 6.45) is 0.641. The summed E-state index contributed by atoms with van der Waals surface area (Å²) in [4.78, 5) is 16.4. The number of nitrogens with zero attached hydrogens (tertiary/aromatic N) is 2. The number of carbonyl (C=O) groups is 1. The van der Waals surface area contributed by atoms with Gasteiger partial charge in [-0.25, -0.2) is 0 Å². The van der Waals surface area contributed by atoms with Crippen LogP contribution in [0, 0.1) is 6.92 Å². The standard InChI is InChI=1S/C19H19N3O3/c1-13-7-3-5-9-15(13)20-17(23)11-12-18-21-19(22-25-18)14-8-4-6-10-16(14)24-2/h3-10H,11-12H2,1-2H3,(H,20,23). The first-order valence-corrected chi connectivity index (χ1v) is 7.99. The number of nitrogens with one attached hydrogen (secondary N) is 1. The first-order chi connectivity index (χ1) is 12.2. The third-order valence-corrected chi connectivity index (χ3v) is 3.80. The van der Waals surface area contributed by atoms with Gasteiger partial charge < -0.3 is 14.6 Å². The number of hydrogen-bond acceptors (Lipinski definition) is 5. The van der Waals surface area contributed by atoms with Crippen molar-refractivity contribution in [1.29, 1.82) is 0 Å². The zero-order valence-electron chi connectivity index (χ0n) is 14.2. The van der Waals surface area contributed by atoms with Crippen LogP contribution in [0.4, 0.5) is 5.69 Å². The first kappa shape index (κ1) is 16.7. The Balaban J connectivity index is 1.62. The number of methoxy groups -OCH3 is 1. The van der Waals surface area contributed by atoms with E-state index in [0.717, 1.165) is 16.8 Å². The molecule has 1 aromatic heterocycles. The fourth-order valence-electron chi connectivity index (χ4n) is 2.44. The van der Waals surface area contributed by atoms with E-state index in [9.17, 15) is 4.79 Å². The lowest BCUT2D eigenvalue weighted by Crippen LogP contribution is -2.13. The molecule has 0 aliphatic heterocycles. The summed E-state index contributed by atoms with van der Waals surface area (Å²) in [5.41, 5.74) is 2.59. The number of para-hydroxylation sites is 2. The third-order valence-electron chi connectivity index (χ3n) is 3.80. The van der Waals surface area contributed by atoms with E-state index in [1.54, 1.807) is 7.11 Å². The maximum atomic E-state index is 12.1. The Labute approximate surface area is 145 Å². The Hall–Kier alpha value is -3.15. The van der Waals surface area contributed by atoms with E-state index in [0.29, 0.717) is 23.9 Å². The summed E-state index contributed by atoms with van der Waals surface area (Å²) in [7, 11) is 1.59. The summed E-state index contributed by atoms with van der Waals surface area (Å²) in [6, 6.07) is 15.1. The van der Waals surface area contributed by atoms with Crippen molar-refractivity contribution in [3.05, 3.63) is 60.0 Å². The molecule has 0 saturated carbocycles. The normalized spacial score (nSPS) is 10.5. The van der Waals surface area contributed by atoms with E-state index in [1.807, 2.05) is 55.5 Å². The lowest BCUT2D eigenvalue weighted by molar-refractivity contribution is -0.116. The summed E-state index contributed by atoms with van der Waals surface area (Å²) >= 11 is 0. The van der Waals surface area contributed by atoms with Crippen LogP contribution >= 0.6 is 0 Å². The molecule has 1 amide bonds. The van der Waals surface area contributed by atoms with Crippen molar-refractivity contribution in [2.24, 2.45) is 0 Å². The van der Waals surface area contributed by atoms with Gasteiger partial charge in [0.2, 0.25) is 17.6 Å². The minimum atomic E-state index is -0.0914. The maximum Gasteiger partial charge on any atom is 0.227 e. The molecular weight excluding hydrogens is 318 g/mol. The summed E-state index contributed by atoms with van der Waals surface area (Å²) < 4.78 is 10.5.